The fraction of sp³-hybridized carbons (Fsp3) is 0.278. The minimum Gasteiger partial charge on any atom is -0.490 e. The molecule has 8 heteroatoms. The summed E-state index contributed by atoms with van der Waals surface area (Å²) in [5, 5.41) is 13.0. The summed E-state index contributed by atoms with van der Waals surface area (Å²) >= 11 is 18.3. The van der Waals surface area contributed by atoms with Crippen LogP contribution in [0, 0.1) is 0 Å². The van der Waals surface area contributed by atoms with Crippen LogP contribution in [0.25, 0.3) is 0 Å². The molecule has 2 aromatic carbocycles. The molecule has 0 bridgehead atoms. The van der Waals surface area contributed by atoms with Gasteiger partial charge in [0.25, 0.3) is 0 Å². The maximum absolute atomic E-state index is 10.6. The van der Waals surface area contributed by atoms with E-state index in [4.69, 9.17) is 49.4 Å². The predicted molar refractivity (Wildman–Crippen MR) is 103 cm³/mol. The molecule has 0 saturated carbocycles. The standard InChI is InChI=1S/C18H18Cl3NO4/c1-2-25-16-5-12(8-22-9-18(23)24)15(21)7-17(16)26-10-11-3-4-13(19)6-14(11)20/h3-7,22H,2,8-10H2,1H3,(H,23,24). The highest BCUT2D eigenvalue weighted by atomic mass is 35.5. The van der Waals surface area contributed by atoms with Crippen molar-refractivity contribution < 1.29 is 19.4 Å². The molecule has 0 amide bonds. The van der Waals surface area contributed by atoms with Crippen molar-refractivity contribution in [2.24, 2.45) is 0 Å². The van der Waals surface area contributed by atoms with Gasteiger partial charge in [-0.15, -0.1) is 0 Å². The molecule has 0 aliphatic carbocycles. The second kappa shape index (κ2) is 9.88. The second-order valence-corrected chi connectivity index (χ2v) is 6.60. The van der Waals surface area contributed by atoms with Gasteiger partial charge in [0, 0.05) is 33.2 Å². The molecule has 0 unspecified atom stereocenters. The summed E-state index contributed by atoms with van der Waals surface area (Å²) in [5.41, 5.74) is 1.50. The highest BCUT2D eigenvalue weighted by Gasteiger charge is 2.13. The lowest BCUT2D eigenvalue weighted by Gasteiger charge is -2.15. The molecule has 0 saturated heterocycles. The average Bonchev–Trinajstić information content (AvgIpc) is 2.57. The van der Waals surface area contributed by atoms with Crippen molar-refractivity contribution in [2.75, 3.05) is 13.2 Å². The minimum atomic E-state index is -0.939. The van der Waals surface area contributed by atoms with Crippen LogP contribution >= 0.6 is 34.8 Å². The van der Waals surface area contributed by atoms with Crippen LogP contribution in [0.2, 0.25) is 15.1 Å². The van der Waals surface area contributed by atoms with Crippen molar-refractivity contribution in [3.05, 3.63) is 56.5 Å². The summed E-state index contributed by atoms with van der Waals surface area (Å²) in [6.07, 6.45) is 0. The molecule has 0 atom stereocenters. The van der Waals surface area contributed by atoms with E-state index in [0.29, 0.717) is 45.3 Å². The molecule has 26 heavy (non-hydrogen) atoms. The van der Waals surface area contributed by atoms with Crippen molar-refractivity contribution in [2.45, 2.75) is 20.1 Å². The van der Waals surface area contributed by atoms with Crippen molar-refractivity contribution in [3.8, 4) is 11.5 Å². The third-order valence-corrected chi connectivity index (χ3v) is 4.34. The molecular weight excluding hydrogens is 401 g/mol. The molecule has 0 radical (unpaired) electrons. The molecule has 0 spiro atoms. The van der Waals surface area contributed by atoms with Gasteiger partial charge in [0.15, 0.2) is 11.5 Å². The molecule has 0 aliphatic rings. The molecule has 0 heterocycles. The van der Waals surface area contributed by atoms with Crippen LogP contribution in [0.5, 0.6) is 11.5 Å². The Balaban J connectivity index is 2.15. The average molecular weight is 419 g/mol. The van der Waals surface area contributed by atoms with Crippen LogP contribution < -0.4 is 14.8 Å². The monoisotopic (exact) mass is 417 g/mol. The van der Waals surface area contributed by atoms with Crippen LogP contribution in [0.15, 0.2) is 30.3 Å². The Kier molecular flexibility index (Phi) is 7.85. The normalized spacial score (nSPS) is 10.6. The zero-order chi connectivity index (χ0) is 19.1. The third-order valence-electron chi connectivity index (χ3n) is 3.40. The molecule has 2 aromatic rings. The highest BCUT2D eigenvalue weighted by molar-refractivity contribution is 6.35. The number of carboxylic acid groups (broad SMARTS) is 1. The van der Waals surface area contributed by atoms with E-state index >= 15 is 0 Å². The Morgan fingerprint density at radius 1 is 1.04 bits per heavy atom. The Morgan fingerprint density at radius 2 is 1.73 bits per heavy atom. The van der Waals surface area contributed by atoms with Gasteiger partial charge in [-0.05, 0) is 30.7 Å². The van der Waals surface area contributed by atoms with E-state index in [-0.39, 0.29) is 13.2 Å². The Hall–Kier alpha value is -1.66. The van der Waals surface area contributed by atoms with E-state index in [0.717, 1.165) is 5.56 Å². The second-order valence-electron chi connectivity index (χ2n) is 5.35. The molecule has 0 aromatic heterocycles. The molecular formula is C18H18Cl3NO4. The predicted octanol–water partition coefficient (Wildman–Crippen LogP) is 4.80. The van der Waals surface area contributed by atoms with E-state index in [1.165, 1.54) is 0 Å². The van der Waals surface area contributed by atoms with Gasteiger partial charge in [-0.2, -0.15) is 0 Å². The van der Waals surface area contributed by atoms with Gasteiger partial charge >= 0.3 is 5.97 Å². The number of carboxylic acids is 1. The molecule has 0 aliphatic heterocycles. The van der Waals surface area contributed by atoms with Crippen LogP contribution in [0.3, 0.4) is 0 Å². The molecule has 0 fully saturated rings. The fourth-order valence-corrected chi connectivity index (χ4v) is 2.88. The SMILES string of the molecule is CCOc1cc(CNCC(=O)O)c(Cl)cc1OCc1ccc(Cl)cc1Cl. The summed E-state index contributed by atoms with van der Waals surface area (Å²) < 4.78 is 11.4. The Bertz CT molecular complexity index is 783. The number of benzene rings is 2. The summed E-state index contributed by atoms with van der Waals surface area (Å²) in [4.78, 5) is 10.6. The minimum absolute atomic E-state index is 0.159. The maximum Gasteiger partial charge on any atom is 0.317 e. The van der Waals surface area contributed by atoms with Gasteiger partial charge in [0.05, 0.1) is 13.2 Å². The van der Waals surface area contributed by atoms with Crippen molar-refractivity contribution in [1.82, 2.24) is 5.32 Å². The van der Waals surface area contributed by atoms with Crippen LogP contribution in [0.1, 0.15) is 18.1 Å². The Morgan fingerprint density at radius 3 is 2.38 bits per heavy atom. The zero-order valence-corrected chi connectivity index (χ0v) is 16.3. The van der Waals surface area contributed by atoms with E-state index in [1.54, 1.807) is 30.3 Å². The van der Waals surface area contributed by atoms with Gasteiger partial charge in [0.2, 0.25) is 0 Å². The molecule has 140 valence electrons. The largest absolute Gasteiger partial charge is 0.490 e. The van der Waals surface area contributed by atoms with Crippen LogP contribution in [0.4, 0.5) is 0 Å². The molecule has 2 rings (SSSR count). The van der Waals surface area contributed by atoms with Gasteiger partial charge in [0.1, 0.15) is 6.61 Å². The van der Waals surface area contributed by atoms with Crippen molar-refractivity contribution in [1.29, 1.82) is 0 Å². The molecule has 2 N–H and O–H groups in total. The van der Waals surface area contributed by atoms with Gasteiger partial charge in [-0.1, -0.05) is 40.9 Å². The summed E-state index contributed by atoms with van der Waals surface area (Å²) in [5.74, 6) is 0.0601. The Labute approximate surface area is 166 Å². The van der Waals surface area contributed by atoms with Gasteiger partial charge < -0.3 is 19.9 Å². The number of nitrogens with one attached hydrogen (secondary N) is 1. The number of aliphatic carboxylic acids is 1. The molecule has 5 nitrogen and oxygen atoms in total. The first-order chi connectivity index (χ1) is 12.4. The highest BCUT2D eigenvalue weighted by Crippen LogP contribution is 2.34. The lowest BCUT2D eigenvalue weighted by atomic mass is 10.2. The first-order valence-corrected chi connectivity index (χ1v) is 8.98. The smallest absolute Gasteiger partial charge is 0.317 e. The first kappa shape index (κ1) is 20.6. The number of carbonyl (C=O) groups is 1. The van der Waals surface area contributed by atoms with E-state index in [2.05, 4.69) is 5.32 Å². The third kappa shape index (κ3) is 5.95. The van der Waals surface area contributed by atoms with E-state index in [9.17, 15) is 4.79 Å². The zero-order valence-electron chi connectivity index (χ0n) is 14.0. The van der Waals surface area contributed by atoms with Gasteiger partial charge in [-0.3, -0.25) is 4.79 Å². The van der Waals surface area contributed by atoms with Crippen LogP contribution in [-0.4, -0.2) is 24.2 Å². The lowest BCUT2D eigenvalue weighted by molar-refractivity contribution is -0.135. The van der Waals surface area contributed by atoms with E-state index < -0.39 is 5.97 Å². The summed E-state index contributed by atoms with van der Waals surface area (Å²) in [7, 11) is 0. The summed E-state index contributed by atoms with van der Waals surface area (Å²) in [6, 6.07) is 8.56. The lowest BCUT2D eigenvalue weighted by Crippen LogP contribution is -2.22. The quantitative estimate of drug-likeness (QED) is 0.612. The number of halogens is 3. The maximum atomic E-state index is 10.6. The fourth-order valence-electron chi connectivity index (χ4n) is 2.19. The topological polar surface area (TPSA) is 67.8 Å². The van der Waals surface area contributed by atoms with E-state index in [1.807, 2.05) is 6.92 Å². The van der Waals surface area contributed by atoms with Crippen LogP contribution in [-0.2, 0) is 17.9 Å². The summed E-state index contributed by atoms with van der Waals surface area (Å²) in [6.45, 7) is 2.67. The number of hydrogen-bond donors (Lipinski definition) is 2. The number of rotatable bonds is 9. The van der Waals surface area contributed by atoms with Crippen molar-refractivity contribution in [3.63, 3.8) is 0 Å². The number of hydrogen-bond acceptors (Lipinski definition) is 4. The van der Waals surface area contributed by atoms with Gasteiger partial charge in [-0.25, -0.2) is 0 Å². The first-order valence-electron chi connectivity index (χ1n) is 7.85. The number of ether oxygens (including phenoxy) is 2. The van der Waals surface area contributed by atoms with Crippen molar-refractivity contribution >= 4 is 40.8 Å².